The molecule has 2 amide bonds. The molecular weight excluding hydrogens is 336 g/mol. The quantitative estimate of drug-likeness (QED) is 0.443. The summed E-state index contributed by atoms with van der Waals surface area (Å²) in [4.78, 5) is 58.6. The Morgan fingerprint density at radius 2 is 1.88 bits per heavy atom. The van der Waals surface area contributed by atoms with E-state index in [2.05, 4.69) is 10.6 Å². The van der Waals surface area contributed by atoms with Gasteiger partial charge in [-0.1, -0.05) is 0 Å². The number of nitrogens with one attached hydrogen (secondary N) is 2. The first-order chi connectivity index (χ1) is 11.8. The zero-order valence-corrected chi connectivity index (χ0v) is 14.1. The van der Waals surface area contributed by atoms with Gasteiger partial charge in [-0.15, -0.1) is 0 Å². The number of amides is 2. The van der Waals surface area contributed by atoms with Crippen molar-refractivity contribution in [2.75, 3.05) is 13.2 Å². The van der Waals surface area contributed by atoms with Crippen LogP contribution in [0.25, 0.3) is 0 Å². The van der Waals surface area contributed by atoms with E-state index in [-0.39, 0.29) is 32.0 Å². The molecule has 0 bridgehead atoms. The zero-order chi connectivity index (χ0) is 19.0. The number of rotatable bonds is 9. The molecule has 3 atom stereocenters. The van der Waals surface area contributed by atoms with E-state index < -0.39 is 48.2 Å². The van der Waals surface area contributed by atoms with Crippen molar-refractivity contribution in [1.29, 1.82) is 0 Å². The van der Waals surface area contributed by atoms with E-state index in [0.717, 1.165) is 0 Å². The van der Waals surface area contributed by atoms with Crippen LogP contribution in [0.2, 0.25) is 0 Å². The number of hydrogen-bond acceptors (Lipinski definition) is 7. The number of carboxylic acid groups (broad SMARTS) is 1. The summed E-state index contributed by atoms with van der Waals surface area (Å²) in [6.45, 7) is 3.14. The summed E-state index contributed by atoms with van der Waals surface area (Å²) in [5.41, 5.74) is 0. The SMILES string of the molecule is CCOC(=O)C[C@@H](C(=O)OCC)[C@H](NC(=O)[C@@H]1CCC(=O)N1)C(=O)O. The fraction of sp³-hybridized carbons (Fsp3) is 0.667. The lowest BCUT2D eigenvalue weighted by molar-refractivity contribution is -0.160. The number of esters is 2. The van der Waals surface area contributed by atoms with Crippen molar-refractivity contribution in [2.45, 2.75) is 45.2 Å². The predicted octanol–water partition coefficient (Wildman–Crippen LogP) is -1.03. The summed E-state index contributed by atoms with van der Waals surface area (Å²) >= 11 is 0. The summed E-state index contributed by atoms with van der Waals surface area (Å²) in [5.74, 6) is -5.72. The standard InChI is InChI=1S/C15H22N2O8/c1-3-24-11(19)7-8(15(23)25-4-2)12(14(21)22)17-13(20)9-5-6-10(18)16-9/h8-9,12H,3-7H2,1-2H3,(H,16,18)(H,17,20)(H,21,22)/t8-,9+,12+/m1/s1. The third kappa shape index (κ3) is 6.05. The summed E-state index contributed by atoms with van der Waals surface area (Å²) in [5, 5.41) is 14.0. The highest BCUT2D eigenvalue weighted by Gasteiger charge is 2.40. The molecule has 10 nitrogen and oxygen atoms in total. The minimum absolute atomic E-state index is 0.0167. The molecule has 140 valence electrons. The fourth-order valence-electron chi connectivity index (χ4n) is 2.39. The highest BCUT2D eigenvalue weighted by atomic mass is 16.5. The molecule has 1 aliphatic heterocycles. The molecular formula is C15H22N2O8. The maximum atomic E-state index is 12.1. The minimum Gasteiger partial charge on any atom is -0.480 e. The third-order valence-corrected chi connectivity index (χ3v) is 3.56. The average Bonchev–Trinajstić information content (AvgIpc) is 2.97. The Kier molecular flexibility index (Phi) is 7.83. The van der Waals surface area contributed by atoms with Crippen LogP contribution in [0.15, 0.2) is 0 Å². The number of hydrogen-bond donors (Lipinski definition) is 3. The van der Waals surface area contributed by atoms with Crippen molar-refractivity contribution < 1.29 is 38.6 Å². The van der Waals surface area contributed by atoms with Crippen LogP contribution in [0.3, 0.4) is 0 Å². The van der Waals surface area contributed by atoms with Crippen LogP contribution in [-0.4, -0.2) is 60.1 Å². The Balaban J connectivity index is 2.91. The van der Waals surface area contributed by atoms with Gasteiger partial charge in [-0.05, 0) is 20.3 Å². The zero-order valence-electron chi connectivity index (χ0n) is 14.1. The van der Waals surface area contributed by atoms with E-state index in [0.29, 0.717) is 0 Å². The van der Waals surface area contributed by atoms with Gasteiger partial charge < -0.3 is 25.2 Å². The van der Waals surface area contributed by atoms with E-state index >= 15 is 0 Å². The summed E-state index contributed by atoms with van der Waals surface area (Å²) in [6.07, 6.45) is -0.181. The van der Waals surface area contributed by atoms with Crippen LogP contribution in [0.5, 0.6) is 0 Å². The highest BCUT2D eigenvalue weighted by Crippen LogP contribution is 2.15. The summed E-state index contributed by atoms with van der Waals surface area (Å²) < 4.78 is 9.55. The van der Waals surface area contributed by atoms with Crippen molar-refractivity contribution in [3.8, 4) is 0 Å². The molecule has 25 heavy (non-hydrogen) atoms. The first-order valence-electron chi connectivity index (χ1n) is 7.94. The predicted molar refractivity (Wildman–Crippen MR) is 82.1 cm³/mol. The van der Waals surface area contributed by atoms with Crippen molar-refractivity contribution >= 4 is 29.7 Å². The van der Waals surface area contributed by atoms with Crippen LogP contribution in [-0.2, 0) is 33.4 Å². The molecule has 0 radical (unpaired) electrons. The molecule has 0 unspecified atom stereocenters. The second-order valence-electron chi connectivity index (χ2n) is 5.35. The summed E-state index contributed by atoms with van der Waals surface area (Å²) in [7, 11) is 0. The second kappa shape index (κ2) is 9.60. The Hall–Kier alpha value is -2.65. The third-order valence-electron chi connectivity index (χ3n) is 3.56. The monoisotopic (exact) mass is 358 g/mol. The minimum atomic E-state index is -1.69. The maximum absolute atomic E-state index is 12.1. The first kappa shape index (κ1) is 20.4. The molecule has 0 saturated carbocycles. The summed E-state index contributed by atoms with van der Waals surface area (Å²) in [6, 6.07) is -2.56. The van der Waals surface area contributed by atoms with Gasteiger partial charge in [-0.2, -0.15) is 0 Å². The Morgan fingerprint density at radius 1 is 1.24 bits per heavy atom. The number of ether oxygens (including phenoxy) is 2. The van der Waals surface area contributed by atoms with E-state index in [1.807, 2.05) is 0 Å². The van der Waals surface area contributed by atoms with Crippen molar-refractivity contribution in [2.24, 2.45) is 5.92 Å². The second-order valence-corrected chi connectivity index (χ2v) is 5.35. The van der Waals surface area contributed by atoms with Crippen molar-refractivity contribution in [3.63, 3.8) is 0 Å². The number of carbonyl (C=O) groups is 5. The molecule has 1 saturated heterocycles. The van der Waals surface area contributed by atoms with E-state index in [9.17, 15) is 29.1 Å². The van der Waals surface area contributed by atoms with Crippen molar-refractivity contribution in [3.05, 3.63) is 0 Å². The van der Waals surface area contributed by atoms with E-state index in [1.54, 1.807) is 6.92 Å². The Labute approximate surface area is 144 Å². The molecule has 3 N–H and O–H groups in total. The lowest BCUT2D eigenvalue weighted by atomic mass is 9.95. The molecule has 0 aliphatic carbocycles. The molecule has 0 aromatic rings. The van der Waals surface area contributed by atoms with Crippen LogP contribution in [0.4, 0.5) is 0 Å². The van der Waals surface area contributed by atoms with Gasteiger partial charge in [0, 0.05) is 6.42 Å². The first-order valence-corrected chi connectivity index (χ1v) is 7.94. The van der Waals surface area contributed by atoms with Gasteiger partial charge in [0.1, 0.15) is 12.1 Å². The maximum Gasteiger partial charge on any atom is 0.327 e. The van der Waals surface area contributed by atoms with Gasteiger partial charge in [0.05, 0.1) is 25.6 Å². The average molecular weight is 358 g/mol. The van der Waals surface area contributed by atoms with Gasteiger partial charge in [-0.25, -0.2) is 4.79 Å². The molecule has 1 fully saturated rings. The van der Waals surface area contributed by atoms with Crippen molar-refractivity contribution in [1.82, 2.24) is 10.6 Å². The van der Waals surface area contributed by atoms with Crippen LogP contribution >= 0.6 is 0 Å². The molecule has 1 rings (SSSR count). The van der Waals surface area contributed by atoms with Gasteiger partial charge in [0.2, 0.25) is 11.8 Å². The van der Waals surface area contributed by atoms with Gasteiger partial charge in [0.15, 0.2) is 0 Å². The largest absolute Gasteiger partial charge is 0.480 e. The topological polar surface area (TPSA) is 148 Å². The molecule has 0 spiro atoms. The molecule has 1 aliphatic rings. The van der Waals surface area contributed by atoms with Gasteiger partial charge in [0.25, 0.3) is 0 Å². The van der Waals surface area contributed by atoms with Crippen LogP contribution < -0.4 is 10.6 Å². The Morgan fingerprint density at radius 3 is 2.36 bits per heavy atom. The lowest BCUT2D eigenvalue weighted by Crippen LogP contribution is -2.54. The number of aliphatic carboxylic acids is 1. The number of carboxylic acids is 1. The highest BCUT2D eigenvalue weighted by molar-refractivity contribution is 5.95. The molecule has 0 aromatic carbocycles. The van der Waals surface area contributed by atoms with Gasteiger partial charge >= 0.3 is 17.9 Å². The van der Waals surface area contributed by atoms with Crippen LogP contribution in [0.1, 0.15) is 33.1 Å². The van der Waals surface area contributed by atoms with Crippen LogP contribution in [0, 0.1) is 5.92 Å². The molecule has 10 heteroatoms. The normalized spacial score (nSPS) is 18.6. The van der Waals surface area contributed by atoms with Gasteiger partial charge in [-0.3, -0.25) is 19.2 Å². The lowest BCUT2D eigenvalue weighted by Gasteiger charge is -2.24. The smallest absolute Gasteiger partial charge is 0.327 e. The Bertz CT molecular complexity index is 548. The fourth-order valence-corrected chi connectivity index (χ4v) is 2.39. The molecule has 1 heterocycles. The number of carbonyl (C=O) groups excluding carboxylic acids is 4. The van der Waals surface area contributed by atoms with E-state index in [1.165, 1.54) is 6.92 Å². The van der Waals surface area contributed by atoms with E-state index in [4.69, 9.17) is 9.47 Å². The molecule has 0 aromatic heterocycles.